The van der Waals surface area contributed by atoms with Gasteiger partial charge in [-0.3, -0.25) is 4.79 Å². The van der Waals surface area contributed by atoms with Gasteiger partial charge in [-0.2, -0.15) is 0 Å². The predicted molar refractivity (Wildman–Crippen MR) is 116 cm³/mol. The molecule has 0 saturated carbocycles. The fourth-order valence-electron chi connectivity index (χ4n) is 2.97. The third-order valence-electron chi connectivity index (χ3n) is 4.56. The third kappa shape index (κ3) is 3.85. The Labute approximate surface area is 171 Å². The number of halogens is 1. The van der Waals surface area contributed by atoms with Crippen LogP contribution in [0.3, 0.4) is 0 Å². The van der Waals surface area contributed by atoms with Crippen molar-refractivity contribution in [3.8, 4) is 11.5 Å². The highest BCUT2D eigenvalue weighted by molar-refractivity contribution is 9.10. The number of aromatic nitrogens is 1. The molecule has 0 unspecified atom stereocenters. The fourth-order valence-corrected chi connectivity index (χ4v) is 3.37. The summed E-state index contributed by atoms with van der Waals surface area (Å²) in [5.74, 6) is 0.878. The third-order valence-corrected chi connectivity index (χ3v) is 5.05. The van der Waals surface area contributed by atoms with Gasteiger partial charge in [-0.25, -0.2) is 4.98 Å². The van der Waals surface area contributed by atoms with Crippen LogP contribution in [0.5, 0.6) is 0 Å². The Bertz CT molecular complexity index is 1150. The van der Waals surface area contributed by atoms with Gasteiger partial charge >= 0.3 is 0 Å². The van der Waals surface area contributed by atoms with Crippen LogP contribution in [-0.4, -0.2) is 10.9 Å². The zero-order valence-electron chi connectivity index (χ0n) is 15.6. The summed E-state index contributed by atoms with van der Waals surface area (Å²) in [6.07, 6.45) is 0. The Hall–Kier alpha value is -2.92. The maximum atomic E-state index is 12.4. The second-order valence-electron chi connectivity index (χ2n) is 6.94. The van der Waals surface area contributed by atoms with Crippen molar-refractivity contribution in [1.82, 2.24) is 4.98 Å². The minimum Gasteiger partial charge on any atom is -0.436 e. The fraction of sp³-hybridized carbons (Fsp3) is 0.130. The average Bonchev–Trinajstić information content (AvgIpc) is 3.11. The number of anilines is 1. The van der Waals surface area contributed by atoms with E-state index in [0.717, 1.165) is 10.0 Å². The van der Waals surface area contributed by atoms with Gasteiger partial charge in [0.2, 0.25) is 5.89 Å². The number of carbonyl (C=O) groups is 1. The molecule has 1 N–H and O–H groups in total. The molecule has 0 aliphatic rings. The van der Waals surface area contributed by atoms with Crippen LogP contribution in [0.25, 0.3) is 22.6 Å². The van der Waals surface area contributed by atoms with Crippen LogP contribution in [0.15, 0.2) is 75.6 Å². The number of hydrogen-bond acceptors (Lipinski definition) is 3. The van der Waals surface area contributed by atoms with Gasteiger partial charge in [-0.1, -0.05) is 48.0 Å². The van der Waals surface area contributed by atoms with E-state index in [4.69, 9.17) is 4.42 Å². The normalized spacial score (nSPS) is 11.1. The molecule has 0 atom stereocenters. The second-order valence-corrected chi connectivity index (χ2v) is 7.86. The van der Waals surface area contributed by atoms with E-state index in [1.807, 2.05) is 42.5 Å². The summed E-state index contributed by atoms with van der Waals surface area (Å²) in [6, 6.07) is 21.0. The summed E-state index contributed by atoms with van der Waals surface area (Å²) in [7, 11) is 0. The lowest BCUT2D eigenvalue weighted by Crippen LogP contribution is -2.11. The Balaban J connectivity index is 1.58. The minimum absolute atomic E-state index is 0.173. The van der Waals surface area contributed by atoms with Crippen molar-refractivity contribution in [3.05, 3.63) is 82.3 Å². The molecule has 5 heteroatoms. The van der Waals surface area contributed by atoms with Gasteiger partial charge in [0.15, 0.2) is 5.58 Å². The number of nitrogens with zero attached hydrogens (tertiary/aromatic N) is 1. The molecule has 140 valence electrons. The monoisotopic (exact) mass is 434 g/mol. The van der Waals surface area contributed by atoms with E-state index in [1.165, 1.54) is 5.56 Å². The maximum absolute atomic E-state index is 12.4. The maximum Gasteiger partial charge on any atom is 0.255 e. The van der Waals surface area contributed by atoms with Crippen LogP contribution < -0.4 is 5.32 Å². The molecule has 4 rings (SSSR count). The van der Waals surface area contributed by atoms with Crippen molar-refractivity contribution in [3.63, 3.8) is 0 Å². The van der Waals surface area contributed by atoms with Gasteiger partial charge in [0.05, 0.1) is 0 Å². The van der Waals surface area contributed by atoms with Crippen molar-refractivity contribution in [2.45, 2.75) is 19.8 Å². The number of amides is 1. The lowest BCUT2D eigenvalue weighted by Gasteiger charge is -2.05. The Kier molecular flexibility index (Phi) is 5.01. The lowest BCUT2D eigenvalue weighted by molar-refractivity contribution is 0.102. The van der Waals surface area contributed by atoms with Crippen LogP contribution in [0.4, 0.5) is 5.69 Å². The van der Waals surface area contributed by atoms with Gasteiger partial charge < -0.3 is 9.73 Å². The number of nitrogens with one attached hydrogen (secondary N) is 1. The highest BCUT2D eigenvalue weighted by Gasteiger charge is 2.11. The minimum atomic E-state index is -0.173. The number of carbonyl (C=O) groups excluding carboxylic acids is 1. The van der Waals surface area contributed by atoms with Gasteiger partial charge in [0.1, 0.15) is 5.52 Å². The largest absolute Gasteiger partial charge is 0.436 e. The number of oxazole rings is 1. The lowest BCUT2D eigenvalue weighted by atomic mass is 10.0. The van der Waals surface area contributed by atoms with Crippen LogP contribution in [0.2, 0.25) is 0 Å². The van der Waals surface area contributed by atoms with E-state index in [2.05, 4.69) is 52.2 Å². The SMILES string of the molecule is CC(C)c1ccc(-c2nc3cc(NC(=O)c4cccc(Br)c4)ccc3o2)cc1. The van der Waals surface area contributed by atoms with Crippen LogP contribution >= 0.6 is 15.9 Å². The van der Waals surface area contributed by atoms with E-state index >= 15 is 0 Å². The van der Waals surface area contributed by atoms with Crippen LogP contribution in [-0.2, 0) is 0 Å². The first kappa shape index (κ1) is 18.4. The zero-order valence-corrected chi connectivity index (χ0v) is 17.2. The molecular weight excluding hydrogens is 416 g/mol. The Morgan fingerprint density at radius 3 is 2.54 bits per heavy atom. The molecule has 4 aromatic rings. The molecule has 1 amide bonds. The van der Waals surface area contributed by atoms with Crippen molar-refractivity contribution < 1.29 is 9.21 Å². The molecule has 1 aromatic heterocycles. The molecule has 0 spiro atoms. The summed E-state index contributed by atoms with van der Waals surface area (Å²) >= 11 is 3.38. The number of hydrogen-bond donors (Lipinski definition) is 1. The highest BCUT2D eigenvalue weighted by Crippen LogP contribution is 2.27. The molecule has 28 heavy (non-hydrogen) atoms. The average molecular weight is 435 g/mol. The van der Waals surface area contributed by atoms with Crippen molar-refractivity contribution >= 4 is 38.6 Å². The van der Waals surface area contributed by atoms with E-state index in [0.29, 0.717) is 34.2 Å². The molecule has 0 aliphatic carbocycles. The molecule has 4 nitrogen and oxygen atoms in total. The van der Waals surface area contributed by atoms with E-state index < -0.39 is 0 Å². The summed E-state index contributed by atoms with van der Waals surface area (Å²) in [5.41, 5.74) is 4.85. The summed E-state index contributed by atoms with van der Waals surface area (Å²) in [4.78, 5) is 17.0. The summed E-state index contributed by atoms with van der Waals surface area (Å²) < 4.78 is 6.75. The first-order valence-electron chi connectivity index (χ1n) is 9.07. The topological polar surface area (TPSA) is 55.1 Å². The van der Waals surface area contributed by atoms with E-state index in [-0.39, 0.29) is 5.91 Å². The van der Waals surface area contributed by atoms with Gasteiger partial charge in [-0.15, -0.1) is 0 Å². The van der Waals surface area contributed by atoms with Gasteiger partial charge in [-0.05, 0) is 60.0 Å². The molecule has 0 saturated heterocycles. The summed E-state index contributed by atoms with van der Waals surface area (Å²) in [5, 5.41) is 2.91. The smallest absolute Gasteiger partial charge is 0.255 e. The summed E-state index contributed by atoms with van der Waals surface area (Å²) in [6.45, 7) is 4.33. The molecule has 0 bridgehead atoms. The Morgan fingerprint density at radius 2 is 1.82 bits per heavy atom. The molecule has 0 aliphatic heterocycles. The van der Waals surface area contributed by atoms with Gasteiger partial charge in [0.25, 0.3) is 5.91 Å². The van der Waals surface area contributed by atoms with Crippen molar-refractivity contribution in [2.24, 2.45) is 0 Å². The van der Waals surface area contributed by atoms with Crippen LogP contribution in [0, 0.1) is 0 Å². The predicted octanol–water partition coefficient (Wildman–Crippen LogP) is 6.63. The van der Waals surface area contributed by atoms with E-state index in [1.54, 1.807) is 12.1 Å². The molecule has 0 radical (unpaired) electrons. The highest BCUT2D eigenvalue weighted by atomic mass is 79.9. The van der Waals surface area contributed by atoms with Crippen LogP contribution in [0.1, 0.15) is 35.7 Å². The number of fused-ring (bicyclic) bond motifs is 1. The molecule has 3 aromatic carbocycles. The molecule has 0 fully saturated rings. The Morgan fingerprint density at radius 1 is 1.04 bits per heavy atom. The van der Waals surface area contributed by atoms with Gasteiger partial charge in [0, 0.05) is 21.3 Å². The first-order valence-corrected chi connectivity index (χ1v) is 9.87. The quantitative estimate of drug-likeness (QED) is 0.391. The number of rotatable bonds is 4. The van der Waals surface area contributed by atoms with E-state index in [9.17, 15) is 4.79 Å². The standard InChI is InChI=1S/C23H19BrN2O2/c1-14(2)15-6-8-16(9-7-15)23-26-20-13-19(10-11-21(20)28-23)25-22(27)17-4-3-5-18(24)12-17/h3-14H,1-2H3,(H,25,27). The molecule has 1 heterocycles. The molecular formula is C23H19BrN2O2. The number of benzene rings is 3. The zero-order chi connectivity index (χ0) is 19.7. The van der Waals surface area contributed by atoms with Crippen molar-refractivity contribution in [1.29, 1.82) is 0 Å². The first-order chi connectivity index (χ1) is 13.5. The van der Waals surface area contributed by atoms with Crippen molar-refractivity contribution in [2.75, 3.05) is 5.32 Å². The second kappa shape index (κ2) is 7.60.